The highest BCUT2D eigenvalue weighted by atomic mass is 32.1. The van der Waals surface area contributed by atoms with E-state index in [1.54, 1.807) is 34.0 Å². The van der Waals surface area contributed by atoms with Gasteiger partial charge in [-0.3, -0.25) is 0 Å². The minimum Gasteiger partial charge on any atom is -0.208 e. The number of hydrogen-bond donors (Lipinski definition) is 0. The SMILES string of the molecule is c1ccc2c(c1)sc1c(-c3nc(-c4cccc5c4sc4ccccc45)nc(-c4cccc5c4sc4ccccc45)n3)cccc12. The second-order valence-electron chi connectivity index (χ2n) is 11.1. The summed E-state index contributed by atoms with van der Waals surface area (Å²) in [6, 6.07) is 45.3. The Balaban J connectivity index is 1.29. The van der Waals surface area contributed by atoms with Crippen LogP contribution in [-0.4, -0.2) is 15.0 Å². The first kappa shape index (κ1) is 25.3. The summed E-state index contributed by atoms with van der Waals surface area (Å²) in [6.45, 7) is 0. The van der Waals surface area contributed by atoms with Gasteiger partial charge in [0.1, 0.15) is 0 Å². The van der Waals surface area contributed by atoms with Gasteiger partial charge in [0.2, 0.25) is 0 Å². The van der Waals surface area contributed by atoms with E-state index in [1.807, 2.05) is 0 Å². The van der Waals surface area contributed by atoms with Crippen LogP contribution in [0.25, 0.3) is 94.7 Å². The van der Waals surface area contributed by atoms with Crippen molar-refractivity contribution in [3.05, 3.63) is 127 Å². The molecule has 10 rings (SSSR count). The van der Waals surface area contributed by atoms with Gasteiger partial charge in [0.05, 0.1) is 0 Å². The molecule has 0 N–H and O–H groups in total. The number of hydrogen-bond acceptors (Lipinski definition) is 6. The lowest BCUT2D eigenvalue weighted by molar-refractivity contribution is 1.08. The number of benzene rings is 6. The van der Waals surface area contributed by atoms with Gasteiger partial charge in [-0.25, -0.2) is 15.0 Å². The molecule has 45 heavy (non-hydrogen) atoms. The molecule has 0 fully saturated rings. The first-order valence-corrected chi connectivity index (χ1v) is 17.2. The highest BCUT2D eigenvalue weighted by Crippen LogP contribution is 2.43. The molecular formula is C39H21N3S3. The van der Waals surface area contributed by atoms with Crippen molar-refractivity contribution in [2.75, 3.05) is 0 Å². The number of fused-ring (bicyclic) bond motifs is 9. The summed E-state index contributed by atoms with van der Waals surface area (Å²) in [7, 11) is 0. The van der Waals surface area contributed by atoms with E-state index in [9.17, 15) is 0 Å². The monoisotopic (exact) mass is 627 g/mol. The topological polar surface area (TPSA) is 38.7 Å². The number of aromatic nitrogens is 3. The van der Waals surface area contributed by atoms with Crippen LogP contribution in [0.1, 0.15) is 0 Å². The van der Waals surface area contributed by atoms with Gasteiger partial charge in [0, 0.05) is 77.2 Å². The first-order chi connectivity index (χ1) is 22.3. The standard InChI is InChI=1S/C39H21N3S3/c1-4-19-31-22(10-1)25-13-7-16-28(34(25)43-31)37-40-38(29-17-8-14-26-23-11-2-5-20-32(23)44-35(26)29)42-39(41-37)30-18-9-15-27-24-12-3-6-21-33(24)45-36(27)30/h1-21H. The van der Waals surface area contributed by atoms with Gasteiger partial charge in [-0.2, -0.15) is 0 Å². The van der Waals surface area contributed by atoms with Gasteiger partial charge >= 0.3 is 0 Å². The Morgan fingerprint density at radius 2 is 0.578 bits per heavy atom. The molecule has 0 saturated carbocycles. The van der Waals surface area contributed by atoms with Crippen molar-refractivity contribution in [3.8, 4) is 34.2 Å². The molecule has 0 aliphatic heterocycles. The summed E-state index contributed by atoms with van der Waals surface area (Å²) in [5, 5.41) is 7.48. The molecule has 4 aromatic heterocycles. The number of thiophene rings is 3. The van der Waals surface area contributed by atoms with Crippen molar-refractivity contribution in [2.24, 2.45) is 0 Å². The largest absolute Gasteiger partial charge is 0.208 e. The Labute approximate surface area is 269 Å². The minimum absolute atomic E-state index is 0.698. The molecule has 0 bridgehead atoms. The van der Waals surface area contributed by atoms with Gasteiger partial charge in [-0.15, -0.1) is 34.0 Å². The molecule has 3 nitrogen and oxygen atoms in total. The third kappa shape index (κ3) is 3.83. The highest BCUT2D eigenvalue weighted by molar-refractivity contribution is 7.27. The number of rotatable bonds is 3. The maximum absolute atomic E-state index is 5.26. The van der Waals surface area contributed by atoms with Crippen LogP contribution in [-0.2, 0) is 0 Å². The first-order valence-electron chi connectivity index (χ1n) is 14.8. The molecule has 0 spiro atoms. The smallest absolute Gasteiger partial charge is 0.165 e. The van der Waals surface area contributed by atoms with Crippen molar-refractivity contribution in [1.29, 1.82) is 0 Å². The minimum atomic E-state index is 0.698. The summed E-state index contributed by atoms with van der Waals surface area (Å²) >= 11 is 5.40. The molecule has 6 aromatic carbocycles. The molecular weight excluding hydrogens is 607 g/mol. The van der Waals surface area contributed by atoms with Crippen LogP contribution >= 0.6 is 34.0 Å². The van der Waals surface area contributed by atoms with Crippen molar-refractivity contribution in [3.63, 3.8) is 0 Å². The van der Waals surface area contributed by atoms with Crippen LogP contribution in [0.3, 0.4) is 0 Å². The van der Waals surface area contributed by atoms with Crippen LogP contribution in [0.5, 0.6) is 0 Å². The molecule has 0 aliphatic carbocycles. The fraction of sp³-hybridized carbons (Fsp3) is 0. The summed E-state index contributed by atoms with van der Waals surface area (Å²) in [4.78, 5) is 15.8. The zero-order valence-electron chi connectivity index (χ0n) is 23.7. The van der Waals surface area contributed by atoms with Crippen molar-refractivity contribution in [2.45, 2.75) is 0 Å². The average molecular weight is 628 g/mol. The van der Waals surface area contributed by atoms with E-state index in [0.29, 0.717) is 17.5 Å². The molecule has 0 saturated heterocycles. The van der Waals surface area contributed by atoms with Crippen LogP contribution in [0.4, 0.5) is 0 Å². The van der Waals surface area contributed by atoms with Gasteiger partial charge in [0.15, 0.2) is 17.5 Å². The molecule has 0 aliphatic rings. The van der Waals surface area contributed by atoms with E-state index in [-0.39, 0.29) is 0 Å². The fourth-order valence-electron chi connectivity index (χ4n) is 6.51. The molecule has 0 radical (unpaired) electrons. The second-order valence-corrected chi connectivity index (χ2v) is 14.3. The van der Waals surface area contributed by atoms with Gasteiger partial charge in [-0.05, 0) is 36.4 Å². The average Bonchev–Trinajstić information content (AvgIpc) is 3.79. The maximum Gasteiger partial charge on any atom is 0.165 e. The van der Waals surface area contributed by atoms with Crippen LogP contribution in [0.15, 0.2) is 127 Å². The van der Waals surface area contributed by atoms with E-state index in [0.717, 1.165) is 16.7 Å². The number of nitrogens with zero attached hydrogens (tertiary/aromatic N) is 3. The van der Waals surface area contributed by atoms with E-state index < -0.39 is 0 Å². The quantitative estimate of drug-likeness (QED) is 0.196. The van der Waals surface area contributed by atoms with E-state index in [2.05, 4.69) is 127 Å². The predicted octanol–water partition coefficient (Wildman–Crippen LogP) is 12.0. The predicted molar refractivity (Wildman–Crippen MR) is 195 cm³/mol. The Hall–Kier alpha value is -5.01. The molecule has 10 aromatic rings. The lowest BCUT2D eigenvalue weighted by Gasteiger charge is -2.10. The second kappa shape index (κ2) is 9.74. The normalized spacial score (nSPS) is 12.0. The Morgan fingerprint density at radius 3 is 0.911 bits per heavy atom. The summed E-state index contributed by atoms with van der Waals surface area (Å²) < 4.78 is 7.38. The third-order valence-corrected chi connectivity index (χ3v) is 12.2. The van der Waals surface area contributed by atoms with Crippen LogP contribution in [0.2, 0.25) is 0 Å². The Morgan fingerprint density at radius 1 is 0.289 bits per heavy atom. The maximum atomic E-state index is 5.26. The highest BCUT2D eigenvalue weighted by Gasteiger charge is 2.20. The van der Waals surface area contributed by atoms with Crippen LogP contribution < -0.4 is 0 Å². The van der Waals surface area contributed by atoms with Gasteiger partial charge in [-0.1, -0.05) is 91.0 Å². The lowest BCUT2D eigenvalue weighted by atomic mass is 10.1. The van der Waals surface area contributed by atoms with Crippen molar-refractivity contribution < 1.29 is 0 Å². The van der Waals surface area contributed by atoms with Crippen molar-refractivity contribution in [1.82, 2.24) is 15.0 Å². The summed E-state index contributed by atoms with van der Waals surface area (Å²) in [5.41, 5.74) is 3.10. The fourth-order valence-corrected chi connectivity index (χ4v) is 10.1. The zero-order valence-corrected chi connectivity index (χ0v) is 26.1. The van der Waals surface area contributed by atoms with Gasteiger partial charge < -0.3 is 0 Å². The van der Waals surface area contributed by atoms with Gasteiger partial charge in [0.25, 0.3) is 0 Å². The Kier molecular flexibility index (Phi) is 5.49. The molecule has 0 unspecified atom stereocenters. The van der Waals surface area contributed by atoms with E-state index in [4.69, 9.17) is 15.0 Å². The molecule has 4 heterocycles. The van der Waals surface area contributed by atoms with Crippen LogP contribution in [0, 0.1) is 0 Å². The lowest BCUT2D eigenvalue weighted by Crippen LogP contribution is -2.00. The third-order valence-electron chi connectivity index (χ3n) is 8.57. The van der Waals surface area contributed by atoms with Crippen molar-refractivity contribution >= 4 is 94.5 Å². The Bertz CT molecular complexity index is 2470. The molecule has 0 atom stereocenters. The molecule has 6 heteroatoms. The molecule has 0 amide bonds. The molecule has 210 valence electrons. The van der Waals surface area contributed by atoms with E-state index in [1.165, 1.54) is 60.5 Å². The van der Waals surface area contributed by atoms with E-state index >= 15 is 0 Å². The zero-order chi connectivity index (χ0) is 29.5. The summed E-state index contributed by atoms with van der Waals surface area (Å²) in [6.07, 6.45) is 0. The summed E-state index contributed by atoms with van der Waals surface area (Å²) in [5.74, 6) is 2.09.